The molecule has 0 saturated heterocycles. The van der Waals surface area contributed by atoms with Gasteiger partial charge in [0.15, 0.2) is 0 Å². The molecule has 1 heterocycles. The van der Waals surface area contributed by atoms with E-state index in [0.29, 0.717) is 5.56 Å². The van der Waals surface area contributed by atoms with E-state index in [1.54, 1.807) is 0 Å². The molecule has 0 unspecified atom stereocenters. The van der Waals surface area contributed by atoms with E-state index in [1.165, 1.54) is 24.3 Å². The lowest BCUT2D eigenvalue weighted by atomic mass is 10.1. The van der Waals surface area contributed by atoms with Crippen molar-refractivity contribution >= 4 is 11.7 Å². The topological polar surface area (TPSA) is 94.8 Å². The van der Waals surface area contributed by atoms with Crippen LogP contribution in [0.25, 0.3) is 0 Å². The van der Waals surface area contributed by atoms with Crippen LogP contribution in [-0.4, -0.2) is 15.9 Å². The monoisotopic (exact) mass is 263 g/mol. The fourth-order valence-corrected chi connectivity index (χ4v) is 1.52. The van der Waals surface area contributed by atoms with Gasteiger partial charge in [-0.1, -0.05) is 12.1 Å². The summed E-state index contributed by atoms with van der Waals surface area (Å²) in [6.07, 6.45) is 0.00904. The molecule has 6 nitrogen and oxygen atoms in total. The van der Waals surface area contributed by atoms with Crippen molar-refractivity contribution in [2.75, 3.05) is 5.32 Å². The molecule has 1 amide bonds. The van der Waals surface area contributed by atoms with Gasteiger partial charge in [0.05, 0.1) is 6.42 Å². The highest BCUT2D eigenvalue weighted by atomic mass is 19.1. The predicted molar refractivity (Wildman–Crippen MR) is 66.4 cm³/mol. The van der Waals surface area contributed by atoms with Crippen molar-refractivity contribution in [2.45, 2.75) is 6.42 Å². The minimum atomic E-state index is -0.704. The number of halogens is 1. The van der Waals surface area contributed by atoms with E-state index in [9.17, 15) is 18.8 Å². The number of aromatic nitrogens is 2. The molecule has 3 N–H and O–H groups in total. The van der Waals surface area contributed by atoms with Crippen molar-refractivity contribution in [1.82, 2.24) is 9.97 Å². The molecule has 2 aromatic rings. The first kappa shape index (κ1) is 12.7. The number of carbonyl (C=O) groups is 1. The second-order valence-corrected chi connectivity index (χ2v) is 3.85. The molecule has 0 bridgehead atoms. The Kier molecular flexibility index (Phi) is 3.56. The molecule has 0 aliphatic heterocycles. The van der Waals surface area contributed by atoms with Gasteiger partial charge >= 0.3 is 5.69 Å². The van der Waals surface area contributed by atoms with Gasteiger partial charge in [0, 0.05) is 6.07 Å². The SMILES string of the molecule is O=C(Cc1ccc(F)cc1)Nc1cc(=O)[nH]c(=O)[nH]1. The van der Waals surface area contributed by atoms with Gasteiger partial charge in [0.25, 0.3) is 5.56 Å². The van der Waals surface area contributed by atoms with Gasteiger partial charge in [-0.2, -0.15) is 0 Å². The Morgan fingerprint density at radius 3 is 2.47 bits per heavy atom. The molecular weight excluding hydrogens is 253 g/mol. The molecule has 0 fully saturated rings. The third-order valence-corrected chi connectivity index (χ3v) is 2.31. The molecule has 0 atom stereocenters. The Morgan fingerprint density at radius 1 is 1.16 bits per heavy atom. The molecule has 7 heteroatoms. The maximum absolute atomic E-state index is 12.7. The number of anilines is 1. The third kappa shape index (κ3) is 3.63. The Labute approximate surface area is 106 Å². The molecule has 0 aliphatic carbocycles. The number of aromatic amines is 2. The number of nitrogens with one attached hydrogen (secondary N) is 3. The lowest BCUT2D eigenvalue weighted by Crippen LogP contribution is -2.25. The van der Waals surface area contributed by atoms with E-state index in [0.717, 1.165) is 6.07 Å². The summed E-state index contributed by atoms with van der Waals surface area (Å²) < 4.78 is 12.7. The van der Waals surface area contributed by atoms with Crippen LogP contribution in [0.1, 0.15) is 5.56 Å². The lowest BCUT2D eigenvalue weighted by molar-refractivity contribution is -0.115. The summed E-state index contributed by atoms with van der Waals surface area (Å²) in [6.45, 7) is 0. The van der Waals surface area contributed by atoms with E-state index in [1.807, 2.05) is 4.98 Å². The minimum Gasteiger partial charge on any atom is -0.312 e. The van der Waals surface area contributed by atoms with Crippen molar-refractivity contribution in [1.29, 1.82) is 0 Å². The molecule has 98 valence electrons. The summed E-state index contributed by atoms with van der Waals surface area (Å²) in [4.78, 5) is 37.9. The van der Waals surface area contributed by atoms with Crippen LogP contribution in [0, 0.1) is 5.82 Å². The molecule has 2 rings (SSSR count). The molecular formula is C12H10FN3O3. The fraction of sp³-hybridized carbons (Fsp3) is 0.0833. The van der Waals surface area contributed by atoms with E-state index >= 15 is 0 Å². The average Bonchev–Trinajstić information content (AvgIpc) is 2.30. The smallest absolute Gasteiger partial charge is 0.312 e. The molecule has 1 aromatic heterocycles. The van der Waals surface area contributed by atoms with Crippen molar-refractivity contribution in [3.8, 4) is 0 Å². The quantitative estimate of drug-likeness (QED) is 0.747. The summed E-state index contributed by atoms with van der Waals surface area (Å²) in [5, 5.41) is 2.38. The maximum atomic E-state index is 12.7. The zero-order valence-corrected chi connectivity index (χ0v) is 9.70. The van der Waals surface area contributed by atoms with Gasteiger partial charge in [0.2, 0.25) is 5.91 Å². The summed E-state index contributed by atoms with van der Waals surface area (Å²) in [5.41, 5.74) is -0.698. The van der Waals surface area contributed by atoms with Crippen LogP contribution >= 0.6 is 0 Å². The van der Waals surface area contributed by atoms with E-state index in [4.69, 9.17) is 0 Å². The first-order valence-electron chi connectivity index (χ1n) is 5.41. The van der Waals surface area contributed by atoms with Gasteiger partial charge in [-0.25, -0.2) is 9.18 Å². The highest BCUT2D eigenvalue weighted by molar-refractivity contribution is 5.91. The molecule has 0 spiro atoms. The number of hydrogen-bond acceptors (Lipinski definition) is 3. The molecule has 1 aromatic carbocycles. The Hall–Kier alpha value is -2.70. The standard InChI is InChI=1S/C12H10FN3O3/c13-8-3-1-7(2-4-8)5-10(17)14-9-6-11(18)16-12(19)15-9/h1-4,6H,5H2,(H3,14,15,16,17,18,19). The van der Waals surface area contributed by atoms with Crippen LogP contribution in [0.2, 0.25) is 0 Å². The first-order valence-corrected chi connectivity index (χ1v) is 5.41. The summed E-state index contributed by atoms with van der Waals surface area (Å²) in [5.74, 6) is -0.795. The largest absolute Gasteiger partial charge is 0.327 e. The van der Waals surface area contributed by atoms with E-state index in [-0.39, 0.29) is 18.1 Å². The molecule has 19 heavy (non-hydrogen) atoms. The highest BCUT2D eigenvalue weighted by Gasteiger charge is 2.05. The second kappa shape index (κ2) is 5.30. The van der Waals surface area contributed by atoms with Crippen molar-refractivity contribution < 1.29 is 9.18 Å². The highest BCUT2D eigenvalue weighted by Crippen LogP contribution is 2.04. The maximum Gasteiger partial charge on any atom is 0.327 e. The number of benzene rings is 1. The first-order chi connectivity index (χ1) is 9.02. The predicted octanol–water partition coefficient (Wildman–Crippen LogP) is 0.383. The minimum absolute atomic E-state index is 0.00904. The van der Waals surface area contributed by atoms with Crippen LogP contribution in [0.4, 0.5) is 10.2 Å². The van der Waals surface area contributed by atoms with E-state index in [2.05, 4.69) is 10.3 Å². The third-order valence-electron chi connectivity index (χ3n) is 2.31. The number of hydrogen-bond donors (Lipinski definition) is 3. The zero-order chi connectivity index (χ0) is 13.8. The molecule has 0 aliphatic rings. The number of amides is 1. The Balaban J connectivity index is 2.07. The zero-order valence-electron chi connectivity index (χ0n) is 9.70. The van der Waals surface area contributed by atoms with Crippen molar-refractivity contribution in [3.05, 3.63) is 62.6 Å². The summed E-state index contributed by atoms with van der Waals surface area (Å²) >= 11 is 0. The van der Waals surface area contributed by atoms with Gasteiger partial charge in [-0.3, -0.25) is 19.6 Å². The van der Waals surface area contributed by atoms with Gasteiger partial charge in [-0.15, -0.1) is 0 Å². The van der Waals surface area contributed by atoms with Gasteiger partial charge in [0.1, 0.15) is 11.6 Å². The van der Waals surface area contributed by atoms with Crippen LogP contribution in [-0.2, 0) is 11.2 Å². The summed E-state index contributed by atoms with van der Waals surface area (Å²) in [7, 11) is 0. The average molecular weight is 263 g/mol. The van der Waals surface area contributed by atoms with Crippen molar-refractivity contribution in [2.24, 2.45) is 0 Å². The lowest BCUT2D eigenvalue weighted by Gasteiger charge is -2.04. The van der Waals surface area contributed by atoms with Crippen LogP contribution in [0.5, 0.6) is 0 Å². The Bertz CT molecular complexity index is 675. The molecule has 0 saturated carbocycles. The number of carbonyl (C=O) groups excluding carboxylic acids is 1. The van der Waals surface area contributed by atoms with Crippen LogP contribution in [0.3, 0.4) is 0 Å². The van der Waals surface area contributed by atoms with Crippen LogP contribution in [0.15, 0.2) is 39.9 Å². The second-order valence-electron chi connectivity index (χ2n) is 3.85. The van der Waals surface area contributed by atoms with Crippen molar-refractivity contribution in [3.63, 3.8) is 0 Å². The van der Waals surface area contributed by atoms with Crippen LogP contribution < -0.4 is 16.6 Å². The number of rotatable bonds is 3. The number of H-pyrrole nitrogens is 2. The van der Waals surface area contributed by atoms with E-state index < -0.39 is 17.2 Å². The fourth-order valence-electron chi connectivity index (χ4n) is 1.52. The Morgan fingerprint density at radius 2 is 1.84 bits per heavy atom. The van der Waals surface area contributed by atoms with Gasteiger partial charge in [-0.05, 0) is 17.7 Å². The van der Waals surface area contributed by atoms with Gasteiger partial charge < -0.3 is 5.32 Å². The molecule has 0 radical (unpaired) electrons. The summed E-state index contributed by atoms with van der Waals surface area (Å²) in [6, 6.07) is 6.52. The normalized spacial score (nSPS) is 10.2.